The lowest BCUT2D eigenvalue weighted by atomic mass is 10.1. The summed E-state index contributed by atoms with van der Waals surface area (Å²) in [4.78, 5) is 23.5. The topological polar surface area (TPSA) is 70.2 Å². The smallest absolute Gasteiger partial charge is 0.252 e. The summed E-state index contributed by atoms with van der Waals surface area (Å²) >= 11 is 0. The second-order valence-corrected chi connectivity index (χ2v) is 4.77. The first-order valence-electron chi connectivity index (χ1n) is 6.86. The first-order chi connectivity index (χ1) is 9.49. The standard InChI is InChI=1S/C15H23N3O2/c1-5-8-17-12-6-7-13(10(2)9-12)15(20)18-11(3)14(19)16-4/h6-7,9,11,17H,5,8H2,1-4H3,(H,16,19)(H,18,20). The van der Waals surface area contributed by atoms with E-state index < -0.39 is 6.04 Å². The van der Waals surface area contributed by atoms with Crippen molar-refractivity contribution in [3.8, 4) is 0 Å². The Morgan fingerprint density at radius 2 is 2.00 bits per heavy atom. The molecule has 3 N–H and O–H groups in total. The maximum absolute atomic E-state index is 12.1. The van der Waals surface area contributed by atoms with Gasteiger partial charge in [-0.25, -0.2) is 0 Å². The van der Waals surface area contributed by atoms with Crippen molar-refractivity contribution >= 4 is 17.5 Å². The molecule has 0 bridgehead atoms. The number of rotatable bonds is 6. The third-order valence-corrected chi connectivity index (χ3v) is 3.04. The predicted octanol–water partition coefficient (Wildman–Crippen LogP) is 1.68. The van der Waals surface area contributed by atoms with E-state index in [0.29, 0.717) is 5.56 Å². The Morgan fingerprint density at radius 1 is 1.30 bits per heavy atom. The van der Waals surface area contributed by atoms with Crippen molar-refractivity contribution in [2.45, 2.75) is 33.2 Å². The summed E-state index contributed by atoms with van der Waals surface area (Å²) < 4.78 is 0. The van der Waals surface area contributed by atoms with Gasteiger partial charge in [0.05, 0.1) is 0 Å². The van der Waals surface area contributed by atoms with Gasteiger partial charge in [0, 0.05) is 24.8 Å². The lowest BCUT2D eigenvalue weighted by Crippen LogP contribution is -2.43. The molecule has 0 radical (unpaired) electrons. The number of likely N-dealkylation sites (N-methyl/N-ethyl adjacent to an activating group) is 1. The maximum atomic E-state index is 12.1. The van der Waals surface area contributed by atoms with Crippen LogP contribution in [0.3, 0.4) is 0 Å². The summed E-state index contributed by atoms with van der Waals surface area (Å²) in [5.74, 6) is -0.446. The fourth-order valence-corrected chi connectivity index (χ4v) is 1.85. The van der Waals surface area contributed by atoms with Crippen molar-refractivity contribution in [3.05, 3.63) is 29.3 Å². The van der Waals surface area contributed by atoms with Crippen LogP contribution in [0.25, 0.3) is 0 Å². The summed E-state index contributed by atoms with van der Waals surface area (Å²) in [6.45, 7) is 6.54. The highest BCUT2D eigenvalue weighted by Gasteiger charge is 2.16. The average Bonchev–Trinajstić information content (AvgIpc) is 2.43. The zero-order chi connectivity index (χ0) is 15.1. The van der Waals surface area contributed by atoms with Crippen molar-refractivity contribution in [2.75, 3.05) is 18.9 Å². The first-order valence-corrected chi connectivity index (χ1v) is 6.86. The van der Waals surface area contributed by atoms with Crippen LogP contribution >= 0.6 is 0 Å². The zero-order valence-electron chi connectivity index (χ0n) is 12.5. The highest BCUT2D eigenvalue weighted by atomic mass is 16.2. The Hall–Kier alpha value is -2.04. The molecule has 0 fully saturated rings. The van der Waals surface area contributed by atoms with Crippen molar-refractivity contribution in [2.24, 2.45) is 0 Å². The molecule has 110 valence electrons. The molecule has 0 aromatic heterocycles. The molecule has 1 atom stereocenters. The first kappa shape index (κ1) is 16.0. The van der Waals surface area contributed by atoms with E-state index in [4.69, 9.17) is 0 Å². The van der Waals surface area contributed by atoms with Gasteiger partial charge in [0.1, 0.15) is 6.04 Å². The molecule has 5 heteroatoms. The number of carbonyl (C=O) groups excluding carboxylic acids is 2. The van der Waals surface area contributed by atoms with Gasteiger partial charge in [-0.3, -0.25) is 9.59 Å². The summed E-state index contributed by atoms with van der Waals surface area (Å²) in [6, 6.07) is 5.04. The van der Waals surface area contributed by atoms with E-state index in [-0.39, 0.29) is 11.8 Å². The SMILES string of the molecule is CCCNc1ccc(C(=O)NC(C)C(=O)NC)c(C)c1. The summed E-state index contributed by atoms with van der Waals surface area (Å²) in [5.41, 5.74) is 2.47. The van der Waals surface area contributed by atoms with Crippen molar-refractivity contribution in [1.29, 1.82) is 0 Å². The summed E-state index contributed by atoms with van der Waals surface area (Å²) in [7, 11) is 1.55. The molecule has 0 saturated carbocycles. The van der Waals surface area contributed by atoms with Crippen LogP contribution in [0.2, 0.25) is 0 Å². The fourth-order valence-electron chi connectivity index (χ4n) is 1.85. The van der Waals surface area contributed by atoms with Crippen molar-refractivity contribution in [3.63, 3.8) is 0 Å². The number of carbonyl (C=O) groups is 2. The number of anilines is 1. The lowest BCUT2D eigenvalue weighted by Gasteiger charge is -2.14. The highest BCUT2D eigenvalue weighted by molar-refractivity contribution is 5.98. The number of amides is 2. The minimum Gasteiger partial charge on any atom is -0.385 e. The molecule has 1 aromatic carbocycles. The number of aryl methyl sites for hydroxylation is 1. The molecule has 2 amide bonds. The van der Waals surface area contributed by atoms with Gasteiger partial charge < -0.3 is 16.0 Å². The third kappa shape index (κ3) is 4.26. The minimum atomic E-state index is -0.551. The van der Waals surface area contributed by atoms with Gasteiger partial charge in [-0.1, -0.05) is 6.92 Å². The second kappa shape index (κ2) is 7.53. The fraction of sp³-hybridized carbons (Fsp3) is 0.467. The number of hydrogen-bond acceptors (Lipinski definition) is 3. The van der Waals surface area contributed by atoms with E-state index in [0.717, 1.165) is 24.2 Å². The van der Waals surface area contributed by atoms with Crippen molar-refractivity contribution in [1.82, 2.24) is 10.6 Å². The van der Waals surface area contributed by atoms with Gasteiger partial charge in [-0.05, 0) is 44.0 Å². The van der Waals surface area contributed by atoms with E-state index >= 15 is 0 Å². The lowest BCUT2D eigenvalue weighted by molar-refractivity contribution is -0.122. The highest BCUT2D eigenvalue weighted by Crippen LogP contribution is 2.15. The Labute approximate surface area is 120 Å². The van der Waals surface area contributed by atoms with E-state index in [1.165, 1.54) is 0 Å². The van der Waals surface area contributed by atoms with E-state index in [1.807, 2.05) is 19.1 Å². The van der Waals surface area contributed by atoms with Crippen LogP contribution in [-0.2, 0) is 4.79 Å². The summed E-state index contributed by atoms with van der Waals surface area (Å²) in [6.07, 6.45) is 1.05. The predicted molar refractivity (Wildman–Crippen MR) is 81.0 cm³/mol. The zero-order valence-corrected chi connectivity index (χ0v) is 12.5. The van der Waals surface area contributed by atoms with Crippen LogP contribution in [0.5, 0.6) is 0 Å². The molecule has 1 rings (SSSR count). The molecular weight excluding hydrogens is 254 g/mol. The molecule has 1 aromatic rings. The van der Waals surface area contributed by atoms with Crippen molar-refractivity contribution < 1.29 is 9.59 Å². The Balaban J connectivity index is 2.76. The number of nitrogens with one attached hydrogen (secondary N) is 3. The molecule has 1 unspecified atom stereocenters. The van der Waals surface area contributed by atoms with Gasteiger partial charge in [-0.15, -0.1) is 0 Å². The normalized spacial score (nSPS) is 11.6. The molecule has 20 heavy (non-hydrogen) atoms. The molecule has 0 spiro atoms. The molecule has 5 nitrogen and oxygen atoms in total. The monoisotopic (exact) mass is 277 g/mol. The molecule has 0 aliphatic heterocycles. The van der Waals surface area contributed by atoms with Gasteiger partial charge in [0.15, 0.2) is 0 Å². The minimum absolute atomic E-state index is 0.211. The van der Waals surface area contributed by atoms with Gasteiger partial charge in [-0.2, -0.15) is 0 Å². The maximum Gasteiger partial charge on any atom is 0.252 e. The third-order valence-electron chi connectivity index (χ3n) is 3.04. The van der Waals surface area contributed by atoms with Crippen LogP contribution in [0.15, 0.2) is 18.2 Å². The Morgan fingerprint density at radius 3 is 2.55 bits per heavy atom. The van der Waals surface area contributed by atoms with E-state index in [1.54, 1.807) is 20.0 Å². The van der Waals surface area contributed by atoms with Gasteiger partial charge >= 0.3 is 0 Å². The van der Waals surface area contributed by atoms with Crippen LogP contribution in [0.1, 0.15) is 36.2 Å². The molecule has 0 aliphatic rings. The van der Waals surface area contributed by atoms with Crippen LogP contribution in [-0.4, -0.2) is 31.4 Å². The number of benzene rings is 1. The molecular formula is C15H23N3O2. The Kier molecular flexibility index (Phi) is 6.03. The largest absolute Gasteiger partial charge is 0.385 e. The van der Waals surface area contributed by atoms with Crippen LogP contribution in [0.4, 0.5) is 5.69 Å². The Bertz CT molecular complexity index is 486. The van der Waals surface area contributed by atoms with Crippen LogP contribution < -0.4 is 16.0 Å². The quantitative estimate of drug-likeness (QED) is 0.741. The number of hydrogen-bond donors (Lipinski definition) is 3. The summed E-state index contributed by atoms with van der Waals surface area (Å²) in [5, 5.41) is 8.46. The molecule has 0 saturated heterocycles. The molecule has 0 aliphatic carbocycles. The van der Waals surface area contributed by atoms with Gasteiger partial charge in [0.25, 0.3) is 5.91 Å². The second-order valence-electron chi connectivity index (χ2n) is 4.77. The van der Waals surface area contributed by atoms with E-state index in [2.05, 4.69) is 22.9 Å². The molecule has 0 heterocycles. The van der Waals surface area contributed by atoms with Crippen LogP contribution in [0, 0.1) is 6.92 Å². The average molecular weight is 277 g/mol. The van der Waals surface area contributed by atoms with E-state index in [9.17, 15) is 9.59 Å². The van der Waals surface area contributed by atoms with Gasteiger partial charge in [0.2, 0.25) is 5.91 Å².